The number of hydrogen-bond acceptors (Lipinski definition) is 2. The van der Waals surface area contributed by atoms with Crippen molar-refractivity contribution < 1.29 is 4.74 Å². The molecule has 100 valence electrons. The highest BCUT2D eigenvalue weighted by Crippen LogP contribution is 2.28. The lowest BCUT2D eigenvalue weighted by atomic mass is 10.1. The van der Waals surface area contributed by atoms with E-state index in [0.717, 1.165) is 28.1 Å². The first-order valence-electron chi connectivity index (χ1n) is 5.91. The lowest BCUT2D eigenvalue weighted by Crippen LogP contribution is -2.00. The average molecular weight is 296 g/mol. The van der Waals surface area contributed by atoms with Crippen LogP contribution in [0.2, 0.25) is 10.0 Å². The van der Waals surface area contributed by atoms with Crippen LogP contribution in [0.4, 0.5) is 5.69 Å². The van der Waals surface area contributed by atoms with Crippen LogP contribution in [0.5, 0.6) is 5.75 Å². The van der Waals surface area contributed by atoms with Crippen molar-refractivity contribution in [2.75, 3.05) is 5.73 Å². The minimum absolute atomic E-state index is 0.404. The zero-order valence-corrected chi connectivity index (χ0v) is 12.3. The van der Waals surface area contributed by atoms with Crippen molar-refractivity contribution >= 4 is 28.9 Å². The molecule has 2 nitrogen and oxygen atoms in total. The number of rotatable bonds is 3. The van der Waals surface area contributed by atoms with Gasteiger partial charge in [-0.05, 0) is 49.2 Å². The van der Waals surface area contributed by atoms with Crippen LogP contribution in [0.3, 0.4) is 0 Å². The number of halogens is 2. The molecule has 0 fully saturated rings. The number of nitrogens with two attached hydrogens (primary N) is 1. The predicted octanol–water partition coefficient (Wildman–Crippen LogP) is 4.77. The summed E-state index contributed by atoms with van der Waals surface area (Å²) >= 11 is 12.0. The quantitative estimate of drug-likeness (QED) is 0.828. The molecule has 2 N–H and O–H groups in total. The van der Waals surface area contributed by atoms with Gasteiger partial charge in [0.25, 0.3) is 0 Å². The van der Waals surface area contributed by atoms with E-state index in [0.29, 0.717) is 16.7 Å². The zero-order valence-electron chi connectivity index (χ0n) is 10.8. The van der Waals surface area contributed by atoms with Gasteiger partial charge in [0.05, 0.1) is 0 Å². The topological polar surface area (TPSA) is 35.2 Å². The van der Waals surface area contributed by atoms with Crippen molar-refractivity contribution in [3.63, 3.8) is 0 Å². The largest absolute Gasteiger partial charge is 0.488 e. The summed E-state index contributed by atoms with van der Waals surface area (Å²) in [5.41, 5.74) is 9.46. The highest BCUT2D eigenvalue weighted by atomic mass is 35.5. The molecule has 4 heteroatoms. The van der Waals surface area contributed by atoms with E-state index in [1.807, 2.05) is 32.0 Å². The Kier molecular flexibility index (Phi) is 4.23. The van der Waals surface area contributed by atoms with Crippen LogP contribution < -0.4 is 10.5 Å². The summed E-state index contributed by atoms with van der Waals surface area (Å²) in [5, 5.41) is 1.23. The summed E-state index contributed by atoms with van der Waals surface area (Å²) < 4.78 is 5.85. The van der Waals surface area contributed by atoms with Crippen molar-refractivity contribution in [3.05, 3.63) is 57.1 Å². The molecule has 0 saturated carbocycles. The van der Waals surface area contributed by atoms with E-state index in [1.54, 1.807) is 12.1 Å². The first-order valence-corrected chi connectivity index (χ1v) is 6.66. The number of nitrogen functional groups attached to an aromatic ring is 1. The minimum Gasteiger partial charge on any atom is -0.488 e. The fraction of sp³-hybridized carbons (Fsp3) is 0.200. The van der Waals surface area contributed by atoms with Crippen LogP contribution in [-0.2, 0) is 6.61 Å². The molecule has 0 atom stereocenters. The molecule has 0 saturated heterocycles. The Morgan fingerprint density at radius 3 is 2.26 bits per heavy atom. The van der Waals surface area contributed by atoms with Gasteiger partial charge in [-0.1, -0.05) is 29.3 Å². The SMILES string of the molecule is Cc1cc(N)cc(C)c1OCc1ccc(Cl)cc1Cl. The normalized spacial score (nSPS) is 10.5. The predicted molar refractivity (Wildman–Crippen MR) is 81.1 cm³/mol. The standard InChI is InChI=1S/C15H15Cl2NO/c1-9-5-13(18)6-10(2)15(9)19-8-11-3-4-12(16)7-14(11)17/h3-7H,8,18H2,1-2H3. The Morgan fingerprint density at radius 1 is 1.05 bits per heavy atom. The maximum Gasteiger partial charge on any atom is 0.125 e. The second-order valence-electron chi connectivity index (χ2n) is 4.51. The van der Waals surface area contributed by atoms with Crippen LogP contribution in [0.1, 0.15) is 16.7 Å². The van der Waals surface area contributed by atoms with Crippen LogP contribution >= 0.6 is 23.2 Å². The number of ether oxygens (including phenoxy) is 1. The van der Waals surface area contributed by atoms with Crippen LogP contribution in [0, 0.1) is 13.8 Å². The Morgan fingerprint density at radius 2 is 1.68 bits per heavy atom. The van der Waals surface area contributed by atoms with Gasteiger partial charge in [-0.2, -0.15) is 0 Å². The van der Waals surface area contributed by atoms with E-state index in [4.69, 9.17) is 33.7 Å². The van der Waals surface area contributed by atoms with Crippen molar-refractivity contribution in [2.45, 2.75) is 20.5 Å². The number of hydrogen-bond donors (Lipinski definition) is 1. The van der Waals surface area contributed by atoms with Crippen LogP contribution in [0.15, 0.2) is 30.3 Å². The van der Waals surface area contributed by atoms with Crippen molar-refractivity contribution in [1.29, 1.82) is 0 Å². The van der Waals surface area contributed by atoms with E-state index in [9.17, 15) is 0 Å². The Hall–Kier alpha value is -1.38. The molecule has 2 rings (SSSR count). The van der Waals surface area contributed by atoms with Gasteiger partial charge >= 0.3 is 0 Å². The van der Waals surface area contributed by atoms with E-state index >= 15 is 0 Å². The maximum atomic E-state index is 6.12. The molecule has 0 aromatic heterocycles. The minimum atomic E-state index is 0.404. The molecular weight excluding hydrogens is 281 g/mol. The third-order valence-corrected chi connectivity index (χ3v) is 3.46. The lowest BCUT2D eigenvalue weighted by molar-refractivity contribution is 0.302. The molecule has 0 spiro atoms. The lowest BCUT2D eigenvalue weighted by Gasteiger charge is -2.13. The van der Waals surface area contributed by atoms with E-state index < -0.39 is 0 Å². The summed E-state index contributed by atoms with van der Waals surface area (Å²) in [6, 6.07) is 9.17. The smallest absolute Gasteiger partial charge is 0.125 e. The number of aryl methyl sites for hydroxylation is 2. The van der Waals surface area contributed by atoms with Crippen molar-refractivity contribution in [1.82, 2.24) is 0 Å². The summed E-state index contributed by atoms with van der Waals surface area (Å²) in [4.78, 5) is 0. The van der Waals surface area contributed by atoms with E-state index in [1.165, 1.54) is 0 Å². The zero-order chi connectivity index (χ0) is 14.0. The molecule has 0 aliphatic carbocycles. The summed E-state index contributed by atoms with van der Waals surface area (Å²) in [7, 11) is 0. The summed E-state index contributed by atoms with van der Waals surface area (Å²) in [5.74, 6) is 0.847. The average Bonchev–Trinajstić information content (AvgIpc) is 2.30. The first-order chi connectivity index (χ1) is 8.97. The first kappa shape index (κ1) is 14.0. The second kappa shape index (κ2) is 5.72. The molecular formula is C15H15Cl2NO. The van der Waals surface area contributed by atoms with Crippen LogP contribution in [-0.4, -0.2) is 0 Å². The van der Waals surface area contributed by atoms with Gasteiger partial charge in [0, 0.05) is 21.3 Å². The van der Waals surface area contributed by atoms with Gasteiger partial charge in [0.1, 0.15) is 12.4 Å². The van der Waals surface area contributed by atoms with Crippen LogP contribution in [0.25, 0.3) is 0 Å². The van der Waals surface area contributed by atoms with Gasteiger partial charge in [-0.3, -0.25) is 0 Å². The van der Waals surface area contributed by atoms with E-state index in [2.05, 4.69) is 0 Å². The molecule has 0 aliphatic rings. The molecule has 0 unspecified atom stereocenters. The molecule has 0 radical (unpaired) electrons. The molecule has 19 heavy (non-hydrogen) atoms. The molecule has 0 amide bonds. The maximum absolute atomic E-state index is 6.12. The number of benzene rings is 2. The molecule has 0 aliphatic heterocycles. The highest BCUT2D eigenvalue weighted by molar-refractivity contribution is 6.35. The fourth-order valence-electron chi connectivity index (χ4n) is 2.00. The third kappa shape index (κ3) is 3.34. The molecule has 2 aromatic rings. The van der Waals surface area contributed by atoms with Gasteiger partial charge in [0.15, 0.2) is 0 Å². The van der Waals surface area contributed by atoms with Gasteiger partial charge in [-0.15, -0.1) is 0 Å². The molecule has 2 aromatic carbocycles. The van der Waals surface area contributed by atoms with Gasteiger partial charge in [-0.25, -0.2) is 0 Å². The number of anilines is 1. The van der Waals surface area contributed by atoms with Gasteiger partial charge < -0.3 is 10.5 Å². The second-order valence-corrected chi connectivity index (χ2v) is 5.35. The fourth-order valence-corrected chi connectivity index (χ4v) is 2.46. The van der Waals surface area contributed by atoms with Crippen molar-refractivity contribution in [3.8, 4) is 5.75 Å². The van der Waals surface area contributed by atoms with Gasteiger partial charge in [0.2, 0.25) is 0 Å². The molecule has 0 heterocycles. The summed E-state index contributed by atoms with van der Waals surface area (Å²) in [6.45, 7) is 4.35. The van der Waals surface area contributed by atoms with E-state index in [-0.39, 0.29) is 0 Å². The monoisotopic (exact) mass is 295 g/mol. The Balaban J connectivity index is 2.19. The summed E-state index contributed by atoms with van der Waals surface area (Å²) in [6.07, 6.45) is 0. The molecule has 0 bridgehead atoms. The van der Waals surface area contributed by atoms with Crippen molar-refractivity contribution in [2.24, 2.45) is 0 Å². The Labute approximate surface area is 123 Å². The Bertz CT molecular complexity index is 588. The third-order valence-electron chi connectivity index (χ3n) is 2.87. The highest BCUT2D eigenvalue weighted by Gasteiger charge is 2.07.